The standard InChI is InChI=1S/C17H20N4O4/c1-4-25-11-7-5-10(6-8-11)12-9-13(19-18-12)14-15(22)20(2)17(24)21(3)16(14)23/h5-8,12,18,22H,4,9H2,1-3H3. The van der Waals surface area contributed by atoms with Crippen LogP contribution in [0.1, 0.15) is 30.5 Å². The van der Waals surface area contributed by atoms with Crippen molar-refractivity contribution in [1.82, 2.24) is 14.6 Å². The van der Waals surface area contributed by atoms with E-state index in [0.29, 0.717) is 18.7 Å². The van der Waals surface area contributed by atoms with Gasteiger partial charge in [-0.15, -0.1) is 0 Å². The van der Waals surface area contributed by atoms with E-state index in [4.69, 9.17) is 4.74 Å². The van der Waals surface area contributed by atoms with Crippen molar-refractivity contribution in [1.29, 1.82) is 0 Å². The van der Waals surface area contributed by atoms with Gasteiger partial charge in [-0.25, -0.2) is 4.79 Å². The second-order valence-corrected chi connectivity index (χ2v) is 5.85. The fraction of sp³-hybridized carbons (Fsp3) is 0.353. The van der Waals surface area contributed by atoms with Crippen LogP contribution < -0.4 is 21.4 Å². The van der Waals surface area contributed by atoms with Crippen LogP contribution >= 0.6 is 0 Å². The monoisotopic (exact) mass is 344 g/mol. The Labute approximate surface area is 144 Å². The predicted molar refractivity (Wildman–Crippen MR) is 93.2 cm³/mol. The molecule has 2 N–H and O–H groups in total. The summed E-state index contributed by atoms with van der Waals surface area (Å²) in [6.07, 6.45) is 0.426. The molecule has 0 radical (unpaired) electrons. The first-order chi connectivity index (χ1) is 11.9. The molecule has 1 atom stereocenters. The molecule has 1 unspecified atom stereocenters. The van der Waals surface area contributed by atoms with Crippen LogP contribution in [0.3, 0.4) is 0 Å². The normalized spacial score (nSPS) is 16.4. The minimum atomic E-state index is -0.583. The van der Waals surface area contributed by atoms with E-state index in [1.54, 1.807) is 0 Å². The van der Waals surface area contributed by atoms with E-state index in [9.17, 15) is 14.7 Å². The number of hydrogen-bond donors (Lipinski definition) is 2. The SMILES string of the molecule is CCOc1ccc(C2CC(c3c(O)n(C)c(=O)n(C)c3=O)=NN2)cc1. The molecule has 0 fully saturated rings. The average molecular weight is 344 g/mol. The van der Waals surface area contributed by atoms with Crippen molar-refractivity contribution in [3.8, 4) is 11.6 Å². The molecule has 8 nitrogen and oxygen atoms in total. The van der Waals surface area contributed by atoms with Crippen molar-refractivity contribution >= 4 is 5.71 Å². The molecule has 1 aliphatic heterocycles. The zero-order chi connectivity index (χ0) is 18.1. The van der Waals surface area contributed by atoms with E-state index in [-0.39, 0.29) is 17.5 Å². The van der Waals surface area contributed by atoms with Crippen LogP contribution in [0.5, 0.6) is 11.6 Å². The van der Waals surface area contributed by atoms with Crippen LogP contribution in [0.25, 0.3) is 0 Å². The maximum Gasteiger partial charge on any atom is 0.333 e. The molecule has 1 aliphatic rings. The molecule has 1 aromatic carbocycles. The number of hydrogen-bond acceptors (Lipinski definition) is 6. The maximum atomic E-state index is 12.4. The highest BCUT2D eigenvalue weighted by atomic mass is 16.5. The van der Waals surface area contributed by atoms with Gasteiger partial charge in [0.1, 0.15) is 11.3 Å². The molecule has 3 rings (SSSR count). The van der Waals surface area contributed by atoms with Crippen LogP contribution in [-0.4, -0.2) is 26.6 Å². The highest BCUT2D eigenvalue weighted by Crippen LogP contribution is 2.27. The third kappa shape index (κ3) is 2.90. The van der Waals surface area contributed by atoms with E-state index in [1.807, 2.05) is 31.2 Å². The van der Waals surface area contributed by atoms with Crippen molar-refractivity contribution < 1.29 is 9.84 Å². The van der Waals surface area contributed by atoms with Gasteiger partial charge in [-0.1, -0.05) is 12.1 Å². The summed E-state index contributed by atoms with van der Waals surface area (Å²) in [6, 6.07) is 7.49. The van der Waals surface area contributed by atoms with Crippen molar-refractivity contribution in [2.24, 2.45) is 19.2 Å². The molecule has 2 heterocycles. The Balaban J connectivity index is 1.89. The predicted octanol–water partition coefficient (Wildman–Crippen LogP) is 0.627. The zero-order valence-corrected chi connectivity index (χ0v) is 14.3. The molecule has 25 heavy (non-hydrogen) atoms. The molecule has 0 amide bonds. The van der Waals surface area contributed by atoms with Gasteiger partial charge in [-0.05, 0) is 24.6 Å². The molecule has 0 bridgehead atoms. The Bertz CT molecular complexity index is 941. The topological polar surface area (TPSA) is 97.9 Å². The Morgan fingerprint density at radius 3 is 2.56 bits per heavy atom. The second kappa shape index (κ2) is 6.46. The lowest BCUT2D eigenvalue weighted by Crippen LogP contribution is -2.39. The number of nitrogens with zero attached hydrogens (tertiary/aromatic N) is 3. The van der Waals surface area contributed by atoms with E-state index in [1.165, 1.54) is 14.1 Å². The lowest BCUT2D eigenvalue weighted by atomic mass is 10.00. The van der Waals surface area contributed by atoms with Crippen LogP contribution in [0.2, 0.25) is 0 Å². The fourth-order valence-corrected chi connectivity index (χ4v) is 2.84. The summed E-state index contributed by atoms with van der Waals surface area (Å²) >= 11 is 0. The number of ether oxygens (including phenoxy) is 1. The van der Waals surface area contributed by atoms with Gasteiger partial charge in [0.25, 0.3) is 5.56 Å². The Hall–Kier alpha value is -3.03. The molecule has 132 valence electrons. The molecule has 0 spiro atoms. The van der Waals surface area contributed by atoms with Crippen molar-refractivity contribution in [2.45, 2.75) is 19.4 Å². The van der Waals surface area contributed by atoms with Crippen LogP contribution in [0.15, 0.2) is 39.0 Å². The molecule has 2 aromatic rings. The quantitative estimate of drug-likeness (QED) is 0.848. The van der Waals surface area contributed by atoms with Gasteiger partial charge >= 0.3 is 5.69 Å². The van der Waals surface area contributed by atoms with E-state index < -0.39 is 11.2 Å². The number of benzene rings is 1. The summed E-state index contributed by atoms with van der Waals surface area (Å²) in [4.78, 5) is 24.2. The largest absolute Gasteiger partial charge is 0.494 e. The lowest BCUT2D eigenvalue weighted by molar-refractivity contribution is 0.340. The van der Waals surface area contributed by atoms with Gasteiger partial charge in [0.2, 0.25) is 5.88 Å². The molecular formula is C17H20N4O4. The first-order valence-electron chi connectivity index (χ1n) is 7.98. The fourth-order valence-electron chi connectivity index (χ4n) is 2.84. The molecule has 0 aliphatic carbocycles. The Morgan fingerprint density at radius 1 is 1.24 bits per heavy atom. The highest BCUT2D eigenvalue weighted by Gasteiger charge is 2.27. The number of nitrogens with one attached hydrogen (secondary N) is 1. The summed E-state index contributed by atoms with van der Waals surface area (Å²) < 4.78 is 7.42. The van der Waals surface area contributed by atoms with Crippen LogP contribution in [0, 0.1) is 0 Å². The average Bonchev–Trinajstić information content (AvgIpc) is 3.09. The third-order valence-corrected chi connectivity index (χ3v) is 4.27. The summed E-state index contributed by atoms with van der Waals surface area (Å²) in [5.41, 5.74) is 3.30. The summed E-state index contributed by atoms with van der Waals surface area (Å²) in [5.74, 6) is 0.413. The van der Waals surface area contributed by atoms with Crippen molar-refractivity contribution in [3.63, 3.8) is 0 Å². The number of aromatic hydroxyl groups is 1. The zero-order valence-electron chi connectivity index (χ0n) is 14.3. The summed E-state index contributed by atoms with van der Waals surface area (Å²) in [5, 5.41) is 14.4. The van der Waals surface area contributed by atoms with Gasteiger partial charge in [0.15, 0.2) is 0 Å². The van der Waals surface area contributed by atoms with Gasteiger partial charge in [-0.2, -0.15) is 5.10 Å². The number of aromatic nitrogens is 2. The smallest absolute Gasteiger partial charge is 0.333 e. The first kappa shape index (κ1) is 16.8. The van der Waals surface area contributed by atoms with Gasteiger partial charge in [0.05, 0.1) is 18.4 Å². The maximum absolute atomic E-state index is 12.4. The summed E-state index contributed by atoms with van der Waals surface area (Å²) in [7, 11) is 2.79. The minimum Gasteiger partial charge on any atom is -0.494 e. The molecule has 1 aromatic heterocycles. The van der Waals surface area contributed by atoms with Crippen molar-refractivity contribution in [3.05, 3.63) is 56.2 Å². The molecule has 0 saturated carbocycles. The first-order valence-corrected chi connectivity index (χ1v) is 7.98. The van der Waals surface area contributed by atoms with E-state index in [0.717, 1.165) is 20.4 Å². The molecule has 8 heteroatoms. The third-order valence-electron chi connectivity index (χ3n) is 4.27. The van der Waals surface area contributed by atoms with Gasteiger partial charge in [0, 0.05) is 20.5 Å². The lowest BCUT2D eigenvalue weighted by Gasteiger charge is -2.12. The molecular weight excluding hydrogens is 324 g/mol. The Morgan fingerprint density at radius 2 is 1.92 bits per heavy atom. The van der Waals surface area contributed by atoms with Crippen LogP contribution in [0.4, 0.5) is 0 Å². The highest BCUT2D eigenvalue weighted by molar-refractivity contribution is 6.03. The minimum absolute atomic E-state index is 0.0468. The van der Waals surface area contributed by atoms with E-state index in [2.05, 4.69) is 10.5 Å². The van der Waals surface area contributed by atoms with Crippen LogP contribution in [-0.2, 0) is 14.1 Å². The Kier molecular flexibility index (Phi) is 4.35. The molecule has 0 saturated heterocycles. The number of rotatable bonds is 4. The van der Waals surface area contributed by atoms with E-state index >= 15 is 0 Å². The van der Waals surface area contributed by atoms with Gasteiger partial charge < -0.3 is 15.3 Å². The number of hydrazone groups is 1. The van der Waals surface area contributed by atoms with Gasteiger partial charge in [-0.3, -0.25) is 13.9 Å². The second-order valence-electron chi connectivity index (χ2n) is 5.85. The van der Waals surface area contributed by atoms with Crippen molar-refractivity contribution in [2.75, 3.05) is 6.61 Å². The summed E-state index contributed by atoms with van der Waals surface area (Å²) in [6.45, 7) is 2.52.